The molecule has 2 aliphatic carbocycles. The van der Waals surface area contributed by atoms with Gasteiger partial charge < -0.3 is 10.2 Å². The average molecular weight is 224 g/mol. The van der Waals surface area contributed by atoms with Crippen molar-refractivity contribution in [2.45, 2.75) is 45.1 Å². The standard InChI is InChI=1S/C13H24N2O/c1-10-4-3-5-11(10)8-14-9-13(16)15(2)12-6-7-12/h10-12,14H,3-9H2,1-2H3. The van der Waals surface area contributed by atoms with Gasteiger partial charge in [0, 0.05) is 13.1 Å². The Labute approximate surface area is 98.6 Å². The maximum absolute atomic E-state index is 11.7. The lowest BCUT2D eigenvalue weighted by molar-refractivity contribution is -0.129. The van der Waals surface area contributed by atoms with Crippen molar-refractivity contribution >= 4 is 5.91 Å². The Hall–Kier alpha value is -0.570. The summed E-state index contributed by atoms with van der Waals surface area (Å²) < 4.78 is 0. The smallest absolute Gasteiger partial charge is 0.236 e. The molecule has 16 heavy (non-hydrogen) atoms. The summed E-state index contributed by atoms with van der Waals surface area (Å²) in [6.45, 7) is 3.87. The lowest BCUT2D eigenvalue weighted by Crippen LogP contribution is -2.38. The Morgan fingerprint density at radius 1 is 1.31 bits per heavy atom. The minimum absolute atomic E-state index is 0.258. The van der Waals surface area contributed by atoms with E-state index in [2.05, 4.69) is 12.2 Å². The fourth-order valence-corrected chi connectivity index (χ4v) is 2.68. The van der Waals surface area contributed by atoms with Crippen molar-refractivity contribution in [3.05, 3.63) is 0 Å². The number of carbonyl (C=O) groups excluding carboxylic acids is 1. The predicted molar refractivity (Wildman–Crippen MR) is 65.2 cm³/mol. The normalized spacial score (nSPS) is 29.4. The fraction of sp³-hybridized carbons (Fsp3) is 0.923. The van der Waals surface area contributed by atoms with Gasteiger partial charge in [0.05, 0.1) is 6.54 Å². The Bertz CT molecular complexity index is 250. The summed E-state index contributed by atoms with van der Waals surface area (Å²) in [7, 11) is 1.93. The average Bonchev–Trinajstić information content (AvgIpc) is 3.03. The molecule has 0 saturated heterocycles. The summed E-state index contributed by atoms with van der Waals surface area (Å²) in [4.78, 5) is 13.7. The Morgan fingerprint density at radius 3 is 2.62 bits per heavy atom. The molecule has 2 saturated carbocycles. The molecule has 0 radical (unpaired) electrons. The van der Waals surface area contributed by atoms with E-state index in [4.69, 9.17) is 0 Å². The van der Waals surface area contributed by atoms with Crippen LogP contribution in [0.5, 0.6) is 0 Å². The van der Waals surface area contributed by atoms with Gasteiger partial charge in [-0.3, -0.25) is 4.79 Å². The molecule has 3 nitrogen and oxygen atoms in total. The van der Waals surface area contributed by atoms with Gasteiger partial charge in [-0.2, -0.15) is 0 Å². The van der Waals surface area contributed by atoms with Gasteiger partial charge in [-0.05, 0) is 37.6 Å². The molecule has 2 rings (SSSR count). The molecule has 0 aliphatic heterocycles. The molecule has 2 aliphatic rings. The maximum atomic E-state index is 11.7. The van der Waals surface area contributed by atoms with Gasteiger partial charge in [-0.1, -0.05) is 19.8 Å². The summed E-state index contributed by atoms with van der Waals surface area (Å²) in [5.41, 5.74) is 0. The predicted octanol–water partition coefficient (Wildman–Crippen LogP) is 1.63. The lowest BCUT2D eigenvalue weighted by atomic mass is 9.98. The summed E-state index contributed by atoms with van der Waals surface area (Å²) in [5.74, 6) is 1.89. The van der Waals surface area contributed by atoms with Crippen molar-refractivity contribution in [3.8, 4) is 0 Å². The number of hydrogen-bond acceptors (Lipinski definition) is 2. The summed E-state index contributed by atoms with van der Waals surface area (Å²) >= 11 is 0. The van der Waals surface area contributed by atoms with Crippen molar-refractivity contribution in [1.82, 2.24) is 10.2 Å². The molecular weight excluding hydrogens is 200 g/mol. The molecule has 0 aromatic heterocycles. The van der Waals surface area contributed by atoms with Gasteiger partial charge in [-0.25, -0.2) is 0 Å². The molecule has 0 bridgehead atoms. The topological polar surface area (TPSA) is 32.3 Å². The second-order valence-electron chi connectivity index (χ2n) is 5.53. The number of hydrogen-bond donors (Lipinski definition) is 1. The van der Waals surface area contributed by atoms with E-state index in [1.54, 1.807) is 0 Å². The maximum Gasteiger partial charge on any atom is 0.236 e. The van der Waals surface area contributed by atoms with E-state index in [9.17, 15) is 4.79 Å². The van der Waals surface area contributed by atoms with Crippen LogP contribution in [0.1, 0.15) is 39.0 Å². The second kappa shape index (κ2) is 5.17. The number of nitrogens with zero attached hydrogens (tertiary/aromatic N) is 1. The fourth-order valence-electron chi connectivity index (χ4n) is 2.68. The van der Waals surface area contributed by atoms with Crippen LogP contribution >= 0.6 is 0 Å². The van der Waals surface area contributed by atoms with Crippen LogP contribution in [0.4, 0.5) is 0 Å². The molecule has 0 spiro atoms. The Morgan fingerprint density at radius 2 is 2.06 bits per heavy atom. The molecule has 0 aromatic rings. The third kappa shape index (κ3) is 2.97. The van der Waals surface area contributed by atoms with E-state index in [1.165, 1.54) is 32.1 Å². The Kier molecular flexibility index (Phi) is 3.85. The molecular formula is C13H24N2O. The van der Waals surface area contributed by atoms with Gasteiger partial charge >= 0.3 is 0 Å². The molecule has 2 atom stereocenters. The van der Waals surface area contributed by atoms with E-state index < -0.39 is 0 Å². The van der Waals surface area contributed by atoms with Crippen LogP contribution in [0.3, 0.4) is 0 Å². The van der Waals surface area contributed by atoms with Gasteiger partial charge in [0.15, 0.2) is 0 Å². The van der Waals surface area contributed by atoms with Crippen LogP contribution in [0.25, 0.3) is 0 Å². The molecule has 92 valence electrons. The van der Waals surface area contributed by atoms with Crippen LogP contribution < -0.4 is 5.32 Å². The van der Waals surface area contributed by atoms with E-state index in [0.717, 1.165) is 18.4 Å². The van der Waals surface area contributed by atoms with E-state index >= 15 is 0 Å². The third-order valence-electron chi connectivity index (χ3n) is 4.21. The molecule has 0 heterocycles. The summed E-state index contributed by atoms with van der Waals surface area (Å²) in [5, 5.41) is 3.33. The first-order chi connectivity index (χ1) is 7.68. The van der Waals surface area contributed by atoms with Crippen molar-refractivity contribution in [3.63, 3.8) is 0 Å². The van der Waals surface area contributed by atoms with Gasteiger partial charge in [0.2, 0.25) is 5.91 Å². The van der Waals surface area contributed by atoms with Crippen molar-refractivity contribution in [1.29, 1.82) is 0 Å². The minimum Gasteiger partial charge on any atom is -0.342 e. The quantitative estimate of drug-likeness (QED) is 0.770. The largest absolute Gasteiger partial charge is 0.342 e. The van der Waals surface area contributed by atoms with Gasteiger partial charge in [0.25, 0.3) is 0 Å². The molecule has 3 heteroatoms. The highest BCUT2D eigenvalue weighted by atomic mass is 16.2. The van der Waals surface area contributed by atoms with Crippen LogP contribution in [-0.2, 0) is 4.79 Å². The van der Waals surface area contributed by atoms with Gasteiger partial charge in [0.1, 0.15) is 0 Å². The van der Waals surface area contributed by atoms with E-state index in [0.29, 0.717) is 12.6 Å². The van der Waals surface area contributed by atoms with Crippen molar-refractivity contribution in [2.75, 3.05) is 20.1 Å². The van der Waals surface area contributed by atoms with Crippen LogP contribution in [-0.4, -0.2) is 37.0 Å². The van der Waals surface area contributed by atoms with Crippen molar-refractivity contribution in [2.24, 2.45) is 11.8 Å². The lowest BCUT2D eigenvalue weighted by Gasteiger charge is -2.19. The molecule has 1 amide bonds. The highest BCUT2D eigenvalue weighted by Gasteiger charge is 2.29. The highest BCUT2D eigenvalue weighted by molar-refractivity contribution is 5.78. The zero-order chi connectivity index (χ0) is 11.5. The summed E-state index contributed by atoms with van der Waals surface area (Å²) in [6.07, 6.45) is 6.45. The monoisotopic (exact) mass is 224 g/mol. The first-order valence-corrected chi connectivity index (χ1v) is 6.65. The molecule has 1 N–H and O–H groups in total. The van der Waals surface area contributed by atoms with Crippen LogP contribution in [0.15, 0.2) is 0 Å². The molecule has 0 aromatic carbocycles. The number of nitrogens with one attached hydrogen (secondary N) is 1. The van der Waals surface area contributed by atoms with Crippen LogP contribution in [0, 0.1) is 11.8 Å². The number of carbonyl (C=O) groups is 1. The minimum atomic E-state index is 0.258. The van der Waals surface area contributed by atoms with Crippen LogP contribution in [0.2, 0.25) is 0 Å². The first-order valence-electron chi connectivity index (χ1n) is 6.65. The van der Waals surface area contributed by atoms with E-state index in [-0.39, 0.29) is 5.91 Å². The number of likely N-dealkylation sites (N-methyl/N-ethyl adjacent to an activating group) is 1. The second-order valence-corrected chi connectivity index (χ2v) is 5.53. The van der Waals surface area contributed by atoms with Gasteiger partial charge in [-0.15, -0.1) is 0 Å². The molecule has 2 unspecified atom stereocenters. The van der Waals surface area contributed by atoms with Crippen molar-refractivity contribution < 1.29 is 4.79 Å². The highest BCUT2D eigenvalue weighted by Crippen LogP contribution is 2.30. The zero-order valence-corrected chi connectivity index (χ0v) is 10.5. The summed E-state index contributed by atoms with van der Waals surface area (Å²) in [6, 6.07) is 0.541. The first kappa shape index (κ1) is 11.9. The number of amides is 1. The molecule has 2 fully saturated rings. The Balaban J connectivity index is 1.61. The van der Waals surface area contributed by atoms with E-state index in [1.807, 2.05) is 11.9 Å². The third-order valence-corrected chi connectivity index (χ3v) is 4.21. The number of rotatable bonds is 5. The zero-order valence-electron chi connectivity index (χ0n) is 10.5. The SMILES string of the molecule is CC1CCCC1CNCC(=O)N(C)C1CC1.